The van der Waals surface area contributed by atoms with Crippen LogP contribution >= 0.6 is 55.1 Å². The second kappa shape index (κ2) is 20.3. The van der Waals surface area contributed by atoms with Crippen LogP contribution in [-0.2, 0) is 20.0 Å². The number of sulfonamides is 2. The van der Waals surface area contributed by atoms with E-state index in [0.29, 0.717) is 39.0 Å². The number of rotatable bonds is 14. The van der Waals surface area contributed by atoms with E-state index in [1.807, 2.05) is 0 Å². The summed E-state index contributed by atoms with van der Waals surface area (Å²) in [6.07, 6.45) is 5.11. The zero-order chi connectivity index (χ0) is 42.0. The number of likely N-dealkylation sites (tertiary alicyclic amines) is 2. The highest BCUT2D eigenvalue weighted by molar-refractivity contribution is 9.11. The summed E-state index contributed by atoms with van der Waals surface area (Å²) in [4.78, 5) is 3.12. The number of methoxy groups -OCH3 is 2. The first kappa shape index (κ1) is 45.1. The molecule has 0 bridgehead atoms. The van der Waals surface area contributed by atoms with E-state index in [9.17, 15) is 27.4 Å². The molecule has 4 atom stereocenters. The lowest BCUT2D eigenvalue weighted by Crippen LogP contribution is -2.36. The van der Waals surface area contributed by atoms with Crippen molar-refractivity contribution in [2.24, 2.45) is 0 Å². The zero-order valence-corrected chi connectivity index (χ0v) is 37.3. The van der Waals surface area contributed by atoms with Gasteiger partial charge in [0, 0.05) is 39.1 Å². The van der Waals surface area contributed by atoms with Crippen molar-refractivity contribution in [2.45, 2.75) is 46.8 Å². The SMILES string of the molecule is COc1ccc(OC[C@H]2C[C@@H](NS(=O)(=O)c3cc(Br)ccc3Br)CN2C#N)cc1.COc1ccc(OC[C@H]2C[C@@H](NS(=O)(=O)c3cc(Cl)ccc3Cl)CN2C#N)cc1. The van der Waals surface area contributed by atoms with E-state index in [-0.39, 0.29) is 58.2 Å². The molecule has 2 heterocycles. The molecule has 20 heteroatoms. The summed E-state index contributed by atoms with van der Waals surface area (Å²) < 4.78 is 79.2. The fourth-order valence-corrected chi connectivity index (χ4v) is 11.0. The molecular formula is C38H38Br2Cl2N6O8S2. The Balaban J connectivity index is 0.000000221. The molecule has 0 aliphatic carbocycles. The van der Waals surface area contributed by atoms with E-state index in [2.05, 4.69) is 53.7 Å². The van der Waals surface area contributed by atoms with Gasteiger partial charge < -0.3 is 28.7 Å². The highest BCUT2D eigenvalue weighted by Gasteiger charge is 2.36. The van der Waals surface area contributed by atoms with Gasteiger partial charge in [-0.1, -0.05) is 39.1 Å². The first-order valence-electron chi connectivity index (χ1n) is 17.5. The number of ether oxygens (including phenoxy) is 4. The van der Waals surface area contributed by atoms with Crippen molar-refractivity contribution >= 4 is 75.1 Å². The predicted octanol–water partition coefficient (Wildman–Crippen LogP) is 6.78. The Morgan fingerprint density at radius 2 is 1.12 bits per heavy atom. The Morgan fingerprint density at radius 1 is 0.672 bits per heavy atom. The van der Waals surface area contributed by atoms with Gasteiger partial charge >= 0.3 is 0 Å². The normalized spacial score (nSPS) is 19.0. The minimum absolute atomic E-state index is 0.0800. The van der Waals surface area contributed by atoms with Crippen molar-refractivity contribution in [1.29, 1.82) is 10.5 Å². The van der Waals surface area contributed by atoms with E-state index >= 15 is 0 Å². The number of nitriles is 2. The van der Waals surface area contributed by atoms with Gasteiger partial charge in [0.2, 0.25) is 20.0 Å². The molecule has 2 N–H and O–H groups in total. The lowest BCUT2D eigenvalue weighted by atomic mass is 10.2. The average molecular weight is 1000 g/mol. The van der Waals surface area contributed by atoms with Gasteiger partial charge in [-0.2, -0.15) is 10.5 Å². The van der Waals surface area contributed by atoms with Crippen molar-refractivity contribution in [2.75, 3.05) is 40.5 Å². The van der Waals surface area contributed by atoms with Gasteiger partial charge in [0.05, 0.1) is 36.2 Å². The topological polar surface area (TPSA) is 183 Å². The van der Waals surface area contributed by atoms with Crippen molar-refractivity contribution in [1.82, 2.24) is 19.2 Å². The molecule has 6 rings (SSSR count). The minimum atomic E-state index is -3.88. The molecular weight excluding hydrogens is 963 g/mol. The number of hydrogen-bond donors (Lipinski definition) is 2. The van der Waals surface area contributed by atoms with E-state index in [1.54, 1.807) is 79.8 Å². The molecule has 0 amide bonds. The summed E-state index contributed by atoms with van der Waals surface area (Å²) in [5, 5.41) is 19.2. The van der Waals surface area contributed by atoms with E-state index in [1.165, 1.54) is 29.2 Å². The highest BCUT2D eigenvalue weighted by atomic mass is 79.9. The summed E-state index contributed by atoms with van der Waals surface area (Å²) in [6.45, 7) is 1.05. The summed E-state index contributed by atoms with van der Waals surface area (Å²) in [5.41, 5.74) is 0. The van der Waals surface area contributed by atoms with Crippen LogP contribution < -0.4 is 28.4 Å². The van der Waals surface area contributed by atoms with Crippen LogP contribution in [0.5, 0.6) is 23.0 Å². The van der Waals surface area contributed by atoms with Gasteiger partial charge in [-0.15, -0.1) is 0 Å². The van der Waals surface area contributed by atoms with Crippen molar-refractivity contribution < 1.29 is 35.8 Å². The van der Waals surface area contributed by atoms with Crippen LogP contribution in [0.25, 0.3) is 0 Å². The Labute approximate surface area is 364 Å². The van der Waals surface area contributed by atoms with E-state index in [4.69, 9.17) is 42.1 Å². The van der Waals surface area contributed by atoms with Crippen LogP contribution in [0.3, 0.4) is 0 Å². The van der Waals surface area contributed by atoms with Crippen molar-refractivity contribution in [3.05, 3.63) is 104 Å². The third-order valence-corrected chi connectivity index (χ3v) is 14.3. The molecule has 0 radical (unpaired) electrons. The number of benzene rings is 4. The standard InChI is InChI=1S/C19H19Br2N3O4S.C19H19Cl2N3O4S/c2*1-27-16-3-5-17(6-4-16)28-11-15-9-14(10-24(15)12-22)23-29(25,26)19-8-13(20)2-7-18(19)21/h2*2-8,14-15,23H,9-11H2,1H3/t2*14-,15-/m11/s1. The van der Waals surface area contributed by atoms with Crippen molar-refractivity contribution in [3.63, 3.8) is 0 Å². The third-order valence-electron chi connectivity index (χ3n) is 9.10. The molecule has 0 spiro atoms. The fourth-order valence-electron chi connectivity index (χ4n) is 6.23. The van der Waals surface area contributed by atoms with E-state index < -0.39 is 32.1 Å². The Bertz CT molecular complexity index is 2190. The second-order valence-corrected chi connectivity index (χ2v) is 19.0. The molecule has 14 nitrogen and oxygen atoms in total. The molecule has 2 fully saturated rings. The van der Waals surface area contributed by atoms with Crippen LogP contribution in [0.15, 0.2) is 104 Å². The van der Waals surface area contributed by atoms with Crippen LogP contribution in [0, 0.1) is 22.9 Å². The quantitative estimate of drug-likeness (QED) is 0.127. The van der Waals surface area contributed by atoms with Gasteiger partial charge in [-0.3, -0.25) is 0 Å². The summed E-state index contributed by atoms with van der Waals surface area (Å²) >= 11 is 18.5. The first-order valence-corrected chi connectivity index (χ1v) is 22.8. The molecule has 4 aromatic rings. The molecule has 58 heavy (non-hydrogen) atoms. The number of hydrogen-bond acceptors (Lipinski definition) is 12. The monoisotopic (exact) mass is 998 g/mol. The maximum absolute atomic E-state index is 12.8. The molecule has 2 aliphatic heterocycles. The number of halogens is 4. The maximum Gasteiger partial charge on any atom is 0.242 e. The second-order valence-electron chi connectivity index (χ2n) is 13.0. The zero-order valence-electron chi connectivity index (χ0n) is 31.0. The van der Waals surface area contributed by atoms with Crippen LogP contribution in [0.4, 0.5) is 0 Å². The molecule has 0 saturated carbocycles. The Hall–Kier alpha value is -3.98. The van der Waals surface area contributed by atoms with Crippen LogP contribution in [-0.4, -0.2) is 91.3 Å². The Morgan fingerprint density at radius 3 is 1.57 bits per heavy atom. The molecule has 4 aromatic carbocycles. The van der Waals surface area contributed by atoms with Gasteiger partial charge in [0.1, 0.15) is 41.1 Å². The summed E-state index contributed by atoms with van der Waals surface area (Å²) in [5.74, 6) is 2.74. The highest BCUT2D eigenvalue weighted by Crippen LogP contribution is 2.29. The van der Waals surface area contributed by atoms with Gasteiger partial charge in [-0.25, -0.2) is 26.3 Å². The average Bonchev–Trinajstić information content (AvgIpc) is 3.79. The fraction of sp³-hybridized carbons (Fsp3) is 0.316. The minimum Gasteiger partial charge on any atom is -0.497 e. The smallest absolute Gasteiger partial charge is 0.242 e. The van der Waals surface area contributed by atoms with Gasteiger partial charge in [-0.05, 0) is 114 Å². The molecule has 0 aromatic heterocycles. The van der Waals surface area contributed by atoms with E-state index in [0.717, 1.165) is 5.75 Å². The summed E-state index contributed by atoms with van der Waals surface area (Å²) in [7, 11) is -4.46. The van der Waals surface area contributed by atoms with Gasteiger partial charge in [0.25, 0.3) is 0 Å². The predicted molar refractivity (Wildman–Crippen MR) is 225 cm³/mol. The maximum atomic E-state index is 12.8. The molecule has 0 unspecified atom stereocenters. The molecule has 2 saturated heterocycles. The van der Waals surface area contributed by atoms with Gasteiger partial charge in [0.15, 0.2) is 12.4 Å². The van der Waals surface area contributed by atoms with Crippen LogP contribution in [0.2, 0.25) is 10.0 Å². The van der Waals surface area contributed by atoms with Crippen molar-refractivity contribution in [3.8, 4) is 35.4 Å². The molecule has 308 valence electrons. The third kappa shape index (κ3) is 12.0. The van der Waals surface area contributed by atoms with Crippen LogP contribution in [0.1, 0.15) is 12.8 Å². The lowest BCUT2D eigenvalue weighted by molar-refractivity contribution is 0.219. The largest absolute Gasteiger partial charge is 0.497 e. The summed E-state index contributed by atoms with van der Waals surface area (Å²) in [6, 6.07) is 22.1. The first-order chi connectivity index (χ1) is 27.6. The number of nitrogens with one attached hydrogen (secondary N) is 2. The lowest BCUT2D eigenvalue weighted by Gasteiger charge is -2.18. The molecule has 2 aliphatic rings. The Kier molecular flexibility index (Phi) is 15.8. The number of nitrogens with zero attached hydrogens (tertiary/aromatic N) is 4.